The molecule has 0 unspecified atom stereocenters. The number of ether oxygens (including phenoxy) is 1. The summed E-state index contributed by atoms with van der Waals surface area (Å²) in [6.07, 6.45) is 0.608. The monoisotopic (exact) mass is 568 g/mol. The van der Waals surface area contributed by atoms with E-state index in [0.717, 1.165) is 11.8 Å². The molecule has 9 nitrogen and oxygen atoms in total. The summed E-state index contributed by atoms with van der Waals surface area (Å²) >= 11 is 0. The minimum absolute atomic E-state index is 0.0691. The van der Waals surface area contributed by atoms with Crippen LogP contribution in [0.15, 0.2) is 59.5 Å². The van der Waals surface area contributed by atoms with Crippen molar-refractivity contribution in [2.75, 3.05) is 32.2 Å². The zero-order valence-electron chi connectivity index (χ0n) is 22.7. The molecule has 0 spiro atoms. The van der Waals surface area contributed by atoms with Gasteiger partial charge in [0.25, 0.3) is 0 Å². The van der Waals surface area contributed by atoms with Gasteiger partial charge in [-0.1, -0.05) is 51.1 Å². The van der Waals surface area contributed by atoms with Crippen molar-refractivity contribution >= 4 is 25.8 Å². The third-order valence-corrected chi connectivity index (χ3v) is 9.12. The summed E-state index contributed by atoms with van der Waals surface area (Å²) in [7, 11) is -5.87. The van der Waals surface area contributed by atoms with Crippen LogP contribution in [0.25, 0.3) is 0 Å². The molecule has 38 heavy (non-hydrogen) atoms. The van der Waals surface area contributed by atoms with Gasteiger partial charge in [-0.15, -0.1) is 0 Å². The number of methoxy groups -OCH3 is 1. The second-order valence-electron chi connectivity index (χ2n) is 10.1. The predicted octanol–water partition coefficient (Wildman–Crippen LogP) is 2.50. The van der Waals surface area contributed by atoms with Gasteiger partial charge in [-0.2, -0.15) is 4.31 Å². The van der Waals surface area contributed by atoms with Crippen LogP contribution < -0.4 is 10.1 Å². The number of carbonyl (C=O) groups excluding carboxylic acids is 1. The number of aliphatic hydroxyl groups is 1. The van der Waals surface area contributed by atoms with Crippen molar-refractivity contribution in [1.82, 2.24) is 9.62 Å². The molecule has 0 heterocycles. The van der Waals surface area contributed by atoms with Gasteiger partial charge < -0.3 is 15.2 Å². The van der Waals surface area contributed by atoms with Gasteiger partial charge in [-0.05, 0) is 48.6 Å². The van der Waals surface area contributed by atoms with Crippen molar-refractivity contribution in [1.29, 1.82) is 0 Å². The van der Waals surface area contributed by atoms with E-state index in [1.54, 1.807) is 12.1 Å². The fraction of sp³-hybridized carbons (Fsp3) is 0.519. The van der Waals surface area contributed by atoms with Crippen LogP contribution in [0.5, 0.6) is 5.75 Å². The maximum absolute atomic E-state index is 13.6. The van der Waals surface area contributed by atoms with Gasteiger partial charge >= 0.3 is 0 Å². The molecule has 0 bridgehead atoms. The fourth-order valence-electron chi connectivity index (χ4n) is 3.95. The smallest absolute Gasteiger partial charge is 0.243 e. The number of nitrogens with zero attached hydrogens (tertiary/aromatic N) is 1. The average molecular weight is 569 g/mol. The first kappa shape index (κ1) is 31.7. The molecule has 2 rings (SSSR count). The fourth-order valence-corrected chi connectivity index (χ4v) is 6.48. The van der Waals surface area contributed by atoms with E-state index in [4.69, 9.17) is 4.74 Å². The Morgan fingerprint density at radius 3 is 2.13 bits per heavy atom. The topological polar surface area (TPSA) is 130 Å². The Kier molecular flexibility index (Phi) is 11.8. The Bertz CT molecular complexity index is 1230. The molecule has 0 aromatic heterocycles. The summed E-state index contributed by atoms with van der Waals surface area (Å²) in [6, 6.07) is 14.4. The molecule has 11 heteroatoms. The van der Waals surface area contributed by atoms with Gasteiger partial charge in [0.15, 0.2) is 0 Å². The Hall–Kier alpha value is -2.47. The lowest BCUT2D eigenvalue weighted by Gasteiger charge is -2.31. The average Bonchev–Trinajstić information content (AvgIpc) is 2.85. The van der Waals surface area contributed by atoms with Crippen LogP contribution in [-0.2, 0) is 31.1 Å². The quantitative estimate of drug-likeness (QED) is 0.338. The molecule has 1 amide bonds. The Balaban J connectivity index is 2.34. The Morgan fingerprint density at radius 1 is 1.00 bits per heavy atom. The highest BCUT2D eigenvalue weighted by molar-refractivity contribution is 7.90. The number of amides is 1. The summed E-state index contributed by atoms with van der Waals surface area (Å²) < 4.78 is 56.9. The predicted molar refractivity (Wildman–Crippen MR) is 148 cm³/mol. The molecule has 2 aromatic rings. The van der Waals surface area contributed by atoms with Gasteiger partial charge in [-0.25, -0.2) is 16.8 Å². The first-order chi connectivity index (χ1) is 17.7. The maximum atomic E-state index is 13.6. The van der Waals surface area contributed by atoms with E-state index >= 15 is 0 Å². The number of nitrogens with one attached hydrogen (secondary N) is 1. The van der Waals surface area contributed by atoms with Crippen molar-refractivity contribution in [3.05, 3.63) is 60.2 Å². The highest BCUT2D eigenvalue weighted by Gasteiger charge is 2.32. The Morgan fingerprint density at radius 2 is 1.61 bits per heavy atom. The van der Waals surface area contributed by atoms with E-state index in [2.05, 4.69) is 5.32 Å². The van der Waals surface area contributed by atoms with Crippen LogP contribution in [0.3, 0.4) is 0 Å². The molecule has 212 valence electrons. The van der Waals surface area contributed by atoms with Gasteiger partial charge in [0.2, 0.25) is 15.9 Å². The lowest BCUT2D eigenvalue weighted by molar-refractivity contribution is -0.125. The minimum Gasteiger partial charge on any atom is -0.497 e. The van der Waals surface area contributed by atoms with Crippen molar-refractivity contribution in [3.8, 4) is 5.75 Å². The zero-order valence-corrected chi connectivity index (χ0v) is 24.3. The number of hydrogen-bond donors (Lipinski definition) is 2. The van der Waals surface area contributed by atoms with Crippen molar-refractivity contribution < 1.29 is 31.5 Å². The highest BCUT2D eigenvalue weighted by Crippen LogP contribution is 2.22. The third kappa shape index (κ3) is 10.0. The molecule has 3 atom stereocenters. The molecule has 0 saturated heterocycles. The van der Waals surface area contributed by atoms with Gasteiger partial charge in [0, 0.05) is 25.3 Å². The first-order valence-corrected chi connectivity index (χ1v) is 16.1. The van der Waals surface area contributed by atoms with E-state index in [0.29, 0.717) is 12.2 Å². The number of sulfonamides is 1. The molecule has 0 aliphatic carbocycles. The third-order valence-electron chi connectivity index (χ3n) is 6.13. The van der Waals surface area contributed by atoms with E-state index in [1.807, 2.05) is 44.2 Å². The van der Waals surface area contributed by atoms with Crippen molar-refractivity contribution in [3.63, 3.8) is 0 Å². The molecule has 2 aromatic carbocycles. The van der Waals surface area contributed by atoms with Crippen molar-refractivity contribution in [2.45, 2.75) is 50.7 Å². The summed E-state index contributed by atoms with van der Waals surface area (Å²) in [5.41, 5.74) is 0.833. The van der Waals surface area contributed by atoms with Crippen LogP contribution >= 0.6 is 0 Å². The SMILES string of the molecule is COc1ccc(S(=O)(=O)N(CCC(C)C)C[C@@H](O)[C@H](Cc2ccccc2)NC(=O)[C@H](C)CS(C)(=O)=O)cc1. The van der Waals surface area contributed by atoms with Gasteiger partial charge in [0.1, 0.15) is 15.6 Å². The molecule has 0 aliphatic rings. The highest BCUT2D eigenvalue weighted by atomic mass is 32.2. The van der Waals surface area contributed by atoms with Gasteiger partial charge in [0.05, 0.1) is 29.9 Å². The molecule has 0 fully saturated rings. The summed E-state index contributed by atoms with van der Waals surface area (Å²) in [6.45, 7) is 5.40. The number of benzene rings is 2. The second-order valence-corrected chi connectivity index (χ2v) is 14.2. The first-order valence-electron chi connectivity index (χ1n) is 12.6. The van der Waals surface area contributed by atoms with E-state index in [9.17, 15) is 26.7 Å². The number of hydrogen-bond acceptors (Lipinski definition) is 7. The lowest BCUT2D eigenvalue weighted by atomic mass is 10.00. The normalized spacial score (nSPS) is 14.7. The molecule has 2 N–H and O–H groups in total. The zero-order chi connectivity index (χ0) is 28.5. The van der Waals surface area contributed by atoms with Crippen LogP contribution in [0, 0.1) is 11.8 Å². The summed E-state index contributed by atoms with van der Waals surface area (Å²) in [4.78, 5) is 12.9. The molecular weight excluding hydrogens is 528 g/mol. The molecule has 0 saturated carbocycles. The van der Waals surface area contributed by atoms with E-state index in [1.165, 1.54) is 30.5 Å². The molecule has 0 radical (unpaired) electrons. The molecule has 0 aliphatic heterocycles. The van der Waals surface area contributed by atoms with E-state index < -0.39 is 43.8 Å². The summed E-state index contributed by atoms with van der Waals surface area (Å²) in [5.74, 6) is -0.957. The minimum atomic E-state index is -3.97. The van der Waals surface area contributed by atoms with Gasteiger partial charge in [-0.3, -0.25) is 4.79 Å². The van der Waals surface area contributed by atoms with Crippen LogP contribution in [0.1, 0.15) is 32.8 Å². The molecular formula is C27H40N2O7S2. The largest absolute Gasteiger partial charge is 0.497 e. The van der Waals surface area contributed by atoms with E-state index in [-0.39, 0.29) is 36.1 Å². The van der Waals surface area contributed by atoms with Crippen LogP contribution in [0.4, 0.5) is 0 Å². The van der Waals surface area contributed by atoms with Crippen LogP contribution in [-0.4, -0.2) is 76.5 Å². The number of carbonyl (C=O) groups is 1. The second kappa shape index (κ2) is 14.1. The maximum Gasteiger partial charge on any atom is 0.243 e. The number of rotatable bonds is 15. The summed E-state index contributed by atoms with van der Waals surface area (Å²) in [5, 5.41) is 14.1. The standard InChI is InChI=1S/C27H40N2O7S2/c1-20(2)15-16-29(38(34,35)24-13-11-23(36-4)12-14-24)18-26(30)25(17-22-9-7-6-8-10-22)28-27(31)21(3)19-37(5,32)33/h6-14,20-21,25-26,30H,15-19H2,1-5H3,(H,28,31)/t21-,25+,26-/m1/s1. The van der Waals surface area contributed by atoms with Crippen LogP contribution in [0.2, 0.25) is 0 Å². The van der Waals surface area contributed by atoms with Crippen molar-refractivity contribution in [2.24, 2.45) is 11.8 Å². The lowest BCUT2D eigenvalue weighted by Crippen LogP contribution is -2.52. The number of aliphatic hydroxyl groups excluding tert-OH is 1. The Labute approximate surface area is 227 Å². The number of sulfone groups is 1.